The van der Waals surface area contributed by atoms with E-state index in [4.69, 9.17) is 19.9 Å². The molecule has 2 fully saturated rings. The van der Waals surface area contributed by atoms with Gasteiger partial charge in [0.2, 0.25) is 0 Å². The minimum atomic E-state index is -5.08. The summed E-state index contributed by atoms with van der Waals surface area (Å²) in [7, 11) is 0. The number of hydrogen-bond acceptors (Lipinski definition) is 6. The van der Waals surface area contributed by atoms with Crippen molar-refractivity contribution in [3.63, 3.8) is 0 Å². The predicted octanol–water partition coefficient (Wildman–Crippen LogP) is 1.55. The van der Waals surface area contributed by atoms with E-state index in [0.717, 1.165) is 51.4 Å². The highest BCUT2D eigenvalue weighted by molar-refractivity contribution is 5.73. The maximum atomic E-state index is 10.6. The summed E-state index contributed by atoms with van der Waals surface area (Å²) in [4.78, 5) is 15.5. The first kappa shape index (κ1) is 19.9. The van der Waals surface area contributed by atoms with E-state index in [1.54, 1.807) is 6.07 Å². The topological polar surface area (TPSA) is 98.5 Å². The van der Waals surface area contributed by atoms with Crippen LogP contribution in [-0.2, 0) is 9.53 Å². The number of anilines is 1. The Bertz CT molecular complexity index is 664. The number of hydrogen-bond donors (Lipinski definition) is 2. The molecule has 2 aliphatic heterocycles. The number of nitrogens with zero attached hydrogens (tertiary/aromatic N) is 3. The number of nitrogens with one attached hydrogen (secondary N) is 1. The molecule has 1 aromatic heterocycles. The quantitative estimate of drug-likeness (QED) is 0.772. The molecular formula is C16H19F3N4O3. The number of halogens is 3. The summed E-state index contributed by atoms with van der Waals surface area (Å²) in [5.41, 5.74) is 0.390. The zero-order valence-electron chi connectivity index (χ0n) is 13.9. The van der Waals surface area contributed by atoms with Gasteiger partial charge in [0.15, 0.2) is 0 Å². The predicted molar refractivity (Wildman–Crippen MR) is 85.6 cm³/mol. The van der Waals surface area contributed by atoms with Crippen LogP contribution in [-0.4, -0.2) is 60.6 Å². The number of rotatable bonds is 1. The zero-order chi connectivity index (χ0) is 19.2. The molecule has 0 radical (unpaired) electrons. The molecule has 3 rings (SSSR count). The Morgan fingerprint density at radius 2 is 2.19 bits per heavy atom. The van der Waals surface area contributed by atoms with Crippen LogP contribution < -0.4 is 10.2 Å². The van der Waals surface area contributed by atoms with Crippen LogP contribution in [0.25, 0.3) is 0 Å². The Morgan fingerprint density at radius 1 is 1.46 bits per heavy atom. The van der Waals surface area contributed by atoms with Crippen molar-refractivity contribution in [2.45, 2.75) is 24.6 Å². The molecule has 2 aliphatic rings. The fraction of sp³-hybridized carbons (Fsp3) is 0.562. The summed E-state index contributed by atoms with van der Waals surface area (Å²) in [5.74, 6) is -1.88. The SMILES string of the molecule is N#Cc1cccc(N2CCCC3(CNCCO3)C2)n1.O=C(O)C(F)(F)F. The van der Waals surface area contributed by atoms with Crippen LogP contribution in [0.15, 0.2) is 18.2 Å². The summed E-state index contributed by atoms with van der Waals surface area (Å²) in [6.45, 7) is 4.44. The van der Waals surface area contributed by atoms with Gasteiger partial charge in [0, 0.05) is 26.2 Å². The van der Waals surface area contributed by atoms with Gasteiger partial charge in [-0.3, -0.25) is 0 Å². The number of aliphatic carboxylic acids is 1. The molecule has 0 bridgehead atoms. The molecule has 1 aromatic rings. The monoisotopic (exact) mass is 372 g/mol. The molecule has 0 saturated carbocycles. The first-order chi connectivity index (χ1) is 12.3. The lowest BCUT2D eigenvalue weighted by molar-refractivity contribution is -0.192. The van der Waals surface area contributed by atoms with Crippen molar-refractivity contribution in [3.05, 3.63) is 23.9 Å². The fourth-order valence-corrected chi connectivity index (χ4v) is 2.92. The second-order valence-corrected chi connectivity index (χ2v) is 6.03. The number of piperidine rings is 1. The van der Waals surface area contributed by atoms with Gasteiger partial charge in [0.05, 0.1) is 12.2 Å². The molecule has 0 amide bonds. The van der Waals surface area contributed by atoms with E-state index in [0.29, 0.717) is 5.69 Å². The average molecular weight is 372 g/mol. The van der Waals surface area contributed by atoms with Crippen LogP contribution in [0.2, 0.25) is 0 Å². The molecule has 1 spiro atoms. The molecule has 2 N–H and O–H groups in total. The van der Waals surface area contributed by atoms with Crippen LogP contribution >= 0.6 is 0 Å². The van der Waals surface area contributed by atoms with Crippen LogP contribution in [0, 0.1) is 11.3 Å². The van der Waals surface area contributed by atoms with Crippen molar-refractivity contribution >= 4 is 11.8 Å². The first-order valence-electron chi connectivity index (χ1n) is 8.03. The van der Waals surface area contributed by atoms with Gasteiger partial charge in [-0.2, -0.15) is 18.4 Å². The maximum Gasteiger partial charge on any atom is 0.490 e. The van der Waals surface area contributed by atoms with Crippen LogP contribution in [0.3, 0.4) is 0 Å². The lowest BCUT2D eigenvalue weighted by atomic mass is 9.91. The number of alkyl halides is 3. The van der Waals surface area contributed by atoms with E-state index in [2.05, 4.69) is 21.3 Å². The van der Waals surface area contributed by atoms with Gasteiger partial charge < -0.3 is 20.1 Å². The van der Waals surface area contributed by atoms with Crippen molar-refractivity contribution in [1.29, 1.82) is 5.26 Å². The van der Waals surface area contributed by atoms with Gasteiger partial charge in [0.1, 0.15) is 17.6 Å². The minimum absolute atomic E-state index is 0.0825. The summed E-state index contributed by atoms with van der Waals surface area (Å²) in [5, 5.41) is 19.5. The lowest BCUT2D eigenvalue weighted by Gasteiger charge is -2.45. The molecule has 0 aliphatic carbocycles. The summed E-state index contributed by atoms with van der Waals surface area (Å²) >= 11 is 0. The van der Waals surface area contributed by atoms with Gasteiger partial charge in [-0.15, -0.1) is 0 Å². The number of ether oxygens (including phenoxy) is 1. The van der Waals surface area contributed by atoms with Gasteiger partial charge in [-0.05, 0) is 25.0 Å². The van der Waals surface area contributed by atoms with Crippen LogP contribution in [0.5, 0.6) is 0 Å². The average Bonchev–Trinajstić information content (AvgIpc) is 2.62. The van der Waals surface area contributed by atoms with E-state index >= 15 is 0 Å². The van der Waals surface area contributed by atoms with E-state index in [-0.39, 0.29) is 5.60 Å². The van der Waals surface area contributed by atoms with Crippen molar-refractivity contribution in [2.24, 2.45) is 0 Å². The normalized spacial score (nSPS) is 22.9. The molecule has 1 atom stereocenters. The second kappa shape index (κ2) is 8.33. The molecule has 2 saturated heterocycles. The third kappa shape index (κ3) is 5.31. The molecule has 142 valence electrons. The number of nitriles is 1. The third-order valence-corrected chi connectivity index (χ3v) is 4.09. The number of carboxylic acids is 1. The molecule has 3 heterocycles. The smallest absolute Gasteiger partial charge is 0.475 e. The first-order valence-corrected chi connectivity index (χ1v) is 8.03. The molecule has 0 aromatic carbocycles. The number of morpholine rings is 1. The van der Waals surface area contributed by atoms with Crippen molar-refractivity contribution in [3.8, 4) is 6.07 Å². The zero-order valence-corrected chi connectivity index (χ0v) is 13.9. The van der Waals surface area contributed by atoms with E-state index in [1.807, 2.05) is 12.1 Å². The number of pyridine rings is 1. The van der Waals surface area contributed by atoms with E-state index < -0.39 is 12.1 Å². The van der Waals surface area contributed by atoms with Crippen LogP contribution in [0.1, 0.15) is 18.5 Å². The Balaban J connectivity index is 0.000000298. The highest BCUT2D eigenvalue weighted by atomic mass is 19.4. The van der Waals surface area contributed by atoms with Crippen molar-refractivity contribution in [2.75, 3.05) is 37.7 Å². The molecule has 1 unspecified atom stereocenters. The largest absolute Gasteiger partial charge is 0.490 e. The minimum Gasteiger partial charge on any atom is -0.475 e. The number of carbonyl (C=O) groups is 1. The molecule has 7 nitrogen and oxygen atoms in total. The van der Waals surface area contributed by atoms with Gasteiger partial charge in [-0.25, -0.2) is 9.78 Å². The molecular weight excluding hydrogens is 353 g/mol. The van der Waals surface area contributed by atoms with Crippen LogP contribution in [0.4, 0.5) is 19.0 Å². The highest BCUT2D eigenvalue weighted by Crippen LogP contribution is 2.28. The van der Waals surface area contributed by atoms with Crippen molar-refractivity contribution < 1.29 is 27.8 Å². The maximum absolute atomic E-state index is 10.6. The summed E-state index contributed by atoms with van der Waals surface area (Å²) in [6, 6.07) is 7.69. The number of carboxylic acid groups (broad SMARTS) is 1. The number of aromatic nitrogens is 1. The Kier molecular flexibility index (Phi) is 6.39. The Labute approximate surface area is 148 Å². The summed E-state index contributed by atoms with van der Waals surface area (Å²) < 4.78 is 37.8. The van der Waals surface area contributed by atoms with E-state index in [9.17, 15) is 13.2 Å². The van der Waals surface area contributed by atoms with Gasteiger partial charge >= 0.3 is 12.1 Å². The second-order valence-electron chi connectivity index (χ2n) is 6.03. The Morgan fingerprint density at radius 3 is 2.77 bits per heavy atom. The van der Waals surface area contributed by atoms with Gasteiger partial charge in [-0.1, -0.05) is 6.07 Å². The van der Waals surface area contributed by atoms with E-state index in [1.165, 1.54) is 0 Å². The summed E-state index contributed by atoms with van der Waals surface area (Å²) in [6.07, 6.45) is -2.89. The third-order valence-electron chi connectivity index (χ3n) is 4.09. The fourth-order valence-electron chi connectivity index (χ4n) is 2.92. The highest BCUT2D eigenvalue weighted by Gasteiger charge is 2.39. The Hall–Kier alpha value is -2.38. The molecule has 26 heavy (non-hydrogen) atoms. The van der Waals surface area contributed by atoms with Gasteiger partial charge in [0.25, 0.3) is 0 Å². The lowest BCUT2D eigenvalue weighted by Crippen LogP contribution is -2.59. The molecule has 10 heteroatoms. The van der Waals surface area contributed by atoms with Crippen molar-refractivity contribution in [1.82, 2.24) is 10.3 Å². The standard InChI is InChI=1S/C14H18N4O.C2HF3O2/c15-9-12-3-1-4-13(17-12)18-7-2-5-14(11-18)10-16-6-8-19-14;3-2(4,5)1(6)7/h1,3-4,16H,2,5-8,10-11H2;(H,6,7).